The maximum Gasteiger partial charge on any atom is 0.232 e. The first-order valence-electron chi connectivity index (χ1n) is 7.57. The van der Waals surface area contributed by atoms with Crippen molar-refractivity contribution in [3.05, 3.63) is 57.1 Å². The summed E-state index contributed by atoms with van der Waals surface area (Å²) in [6, 6.07) is 3.49. The van der Waals surface area contributed by atoms with Crippen LogP contribution in [-0.4, -0.2) is 40.2 Å². The molecule has 0 amide bonds. The van der Waals surface area contributed by atoms with Crippen molar-refractivity contribution in [3.63, 3.8) is 0 Å². The SMILES string of the molecule is CN(c1c(Cl)ccc(C2=C(O)c3ncc(F)cc3CS2(=O)=O)c1Cl)S(C)(=O)=O. The largest absolute Gasteiger partial charge is 0.504 e. The molecule has 0 saturated heterocycles. The van der Waals surface area contributed by atoms with Gasteiger partial charge in [0.25, 0.3) is 0 Å². The van der Waals surface area contributed by atoms with Crippen LogP contribution in [0.2, 0.25) is 10.0 Å². The molecule has 0 radical (unpaired) electrons. The minimum Gasteiger partial charge on any atom is -0.504 e. The van der Waals surface area contributed by atoms with E-state index in [1.165, 1.54) is 19.2 Å². The minimum absolute atomic E-state index is 0.000173. The van der Waals surface area contributed by atoms with E-state index in [0.29, 0.717) is 0 Å². The lowest BCUT2D eigenvalue weighted by Gasteiger charge is -2.24. The van der Waals surface area contributed by atoms with Crippen LogP contribution in [0.4, 0.5) is 10.1 Å². The normalized spacial score (nSPS) is 16.0. The molecule has 0 bridgehead atoms. The Hall–Kier alpha value is -1.88. The number of hydrogen-bond acceptors (Lipinski definition) is 6. The molecule has 3 rings (SSSR count). The second-order valence-electron chi connectivity index (χ2n) is 6.09. The van der Waals surface area contributed by atoms with Crippen LogP contribution in [0.25, 0.3) is 10.7 Å². The highest BCUT2D eigenvalue weighted by Gasteiger charge is 2.35. The Morgan fingerprint density at radius 3 is 2.54 bits per heavy atom. The van der Waals surface area contributed by atoms with Gasteiger partial charge in [0, 0.05) is 12.6 Å². The minimum atomic E-state index is -4.14. The van der Waals surface area contributed by atoms with Crippen molar-refractivity contribution in [2.45, 2.75) is 5.75 Å². The summed E-state index contributed by atoms with van der Waals surface area (Å²) in [5, 5.41) is 10.3. The molecule has 12 heteroatoms. The van der Waals surface area contributed by atoms with E-state index in [4.69, 9.17) is 23.2 Å². The molecule has 1 aliphatic rings. The molecule has 1 N–H and O–H groups in total. The van der Waals surface area contributed by atoms with Gasteiger partial charge in [-0.3, -0.25) is 4.31 Å². The van der Waals surface area contributed by atoms with E-state index in [2.05, 4.69) is 4.98 Å². The molecule has 2 heterocycles. The van der Waals surface area contributed by atoms with E-state index >= 15 is 0 Å². The molecule has 7 nitrogen and oxygen atoms in total. The topological polar surface area (TPSA) is 105 Å². The van der Waals surface area contributed by atoms with Gasteiger partial charge in [0.1, 0.15) is 16.4 Å². The summed E-state index contributed by atoms with van der Waals surface area (Å²) >= 11 is 12.4. The number of aliphatic hydroxyl groups excluding tert-OH is 1. The van der Waals surface area contributed by atoms with E-state index in [1.807, 2.05) is 0 Å². The number of sulfone groups is 1. The van der Waals surface area contributed by atoms with Crippen molar-refractivity contribution in [1.82, 2.24) is 4.98 Å². The van der Waals surface area contributed by atoms with Crippen LogP contribution in [0.3, 0.4) is 0 Å². The average molecular weight is 467 g/mol. The fourth-order valence-corrected chi connectivity index (χ4v) is 5.87. The summed E-state index contributed by atoms with van der Waals surface area (Å²) in [6.07, 6.45) is 1.77. The monoisotopic (exact) mass is 466 g/mol. The van der Waals surface area contributed by atoms with E-state index < -0.39 is 42.1 Å². The van der Waals surface area contributed by atoms with Crippen LogP contribution in [0.15, 0.2) is 24.4 Å². The number of hydrogen-bond donors (Lipinski definition) is 1. The first-order chi connectivity index (χ1) is 12.8. The molecule has 0 atom stereocenters. The highest BCUT2D eigenvalue weighted by molar-refractivity contribution is 8.00. The number of sulfonamides is 1. The predicted molar refractivity (Wildman–Crippen MR) is 106 cm³/mol. The molecule has 150 valence electrons. The maximum atomic E-state index is 13.4. The fraction of sp³-hybridized carbons (Fsp3) is 0.188. The number of benzene rings is 1. The van der Waals surface area contributed by atoms with E-state index in [9.17, 15) is 26.3 Å². The number of halogens is 3. The smallest absolute Gasteiger partial charge is 0.232 e. The summed E-state index contributed by atoms with van der Waals surface area (Å²) < 4.78 is 63.6. The van der Waals surface area contributed by atoms with E-state index in [-0.39, 0.29) is 32.6 Å². The zero-order valence-electron chi connectivity index (χ0n) is 14.4. The molecule has 28 heavy (non-hydrogen) atoms. The maximum absolute atomic E-state index is 13.4. The molecule has 0 fully saturated rings. The van der Waals surface area contributed by atoms with Crippen molar-refractivity contribution in [2.24, 2.45) is 0 Å². The lowest BCUT2D eigenvalue weighted by Crippen LogP contribution is -2.26. The Labute approximate surface area is 171 Å². The van der Waals surface area contributed by atoms with Crippen molar-refractivity contribution in [1.29, 1.82) is 0 Å². The van der Waals surface area contributed by atoms with Crippen LogP contribution >= 0.6 is 23.2 Å². The number of rotatable bonds is 3. The van der Waals surface area contributed by atoms with Crippen molar-refractivity contribution in [2.75, 3.05) is 17.6 Å². The van der Waals surface area contributed by atoms with Crippen LogP contribution < -0.4 is 4.31 Å². The van der Waals surface area contributed by atoms with Gasteiger partial charge < -0.3 is 5.11 Å². The lowest BCUT2D eigenvalue weighted by atomic mass is 10.1. The van der Waals surface area contributed by atoms with Gasteiger partial charge in [0.2, 0.25) is 10.0 Å². The number of nitrogens with zero attached hydrogens (tertiary/aromatic N) is 2. The third kappa shape index (κ3) is 3.45. The molecule has 0 unspecified atom stereocenters. The summed E-state index contributed by atoms with van der Waals surface area (Å²) in [6.45, 7) is 0. The third-order valence-electron chi connectivity index (χ3n) is 4.15. The molecule has 0 spiro atoms. The van der Waals surface area contributed by atoms with Gasteiger partial charge in [-0.2, -0.15) is 0 Å². The molecular weight excluding hydrogens is 454 g/mol. The molecule has 2 aromatic rings. The van der Waals surface area contributed by atoms with Crippen molar-refractivity contribution < 1.29 is 26.3 Å². The van der Waals surface area contributed by atoms with E-state index in [1.54, 1.807) is 0 Å². The van der Waals surface area contributed by atoms with Gasteiger partial charge in [-0.1, -0.05) is 29.3 Å². The van der Waals surface area contributed by atoms with Gasteiger partial charge in [0.15, 0.2) is 15.6 Å². The first kappa shape index (κ1) is 20.8. The Kier molecular flexibility index (Phi) is 5.11. The second-order valence-corrected chi connectivity index (χ2v) is 10.8. The number of pyridine rings is 1. The van der Waals surface area contributed by atoms with Gasteiger partial charge in [-0.15, -0.1) is 0 Å². The molecule has 0 saturated carbocycles. The Balaban J connectivity index is 2.34. The number of fused-ring (bicyclic) bond motifs is 1. The number of aliphatic hydroxyl groups is 1. The zero-order chi connectivity index (χ0) is 21.0. The van der Waals surface area contributed by atoms with Crippen LogP contribution in [0.1, 0.15) is 16.8 Å². The number of anilines is 1. The van der Waals surface area contributed by atoms with Crippen LogP contribution in [0.5, 0.6) is 0 Å². The van der Waals surface area contributed by atoms with Gasteiger partial charge >= 0.3 is 0 Å². The molecule has 0 aliphatic carbocycles. The third-order valence-corrected chi connectivity index (χ3v) is 7.74. The predicted octanol–water partition coefficient (Wildman–Crippen LogP) is 3.24. The van der Waals surface area contributed by atoms with E-state index in [0.717, 1.165) is 22.8 Å². The molecule has 1 aromatic heterocycles. The number of aromatic nitrogens is 1. The Morgan fingerprint density at radius 1 is 1.29 bits per heavy atom. The van der Waals surface area contributed by atoms with Crippen molar-refractivity contribution >= 4 is 59.4 Å². The van der Waals surface area contributed by atoms with Gasteiger partial charge in [0.05, 0.1) is 33.9 Å². The van der Waals surface area contributed by atoms with Gasteiger partial charge in [-0.25, -0.2) is 26.2 Å². The lowest BCUT2D eigenvalue weighted by molar-refractivity contribution is 0.507. The Bertz CT molecular complexity index is 1240. The summed E-state index contributed by atoms with van der Waals surface area (Å²) in [5.74, 6) is -2.06. The second kappa shape index (κ2) is 6.87. The highest BCUT2D eigenvalue weighted by atomic mass is 35.5. The zero-order valence-corrected chi connectivity index (χ0v) is 17.6. The summed E-state index contributed by atoms with van der Waals surface area (Å²) in [4.78, 5) is 3.22. The van der Waals surface area contributed by atoms with Crippen LogP contribution in [0, 0.1) is 5.82 Å². The molecular formula is C16H13Cl2FN2O5S2. The first-order valence-corrected chi connectivity index (χ1v) is 11.8. The highest BCUT2D eigenvalue weighted by Crippen LogP contribution is 2.45. The van der Waals surface area contributed by atoms with Gasteiger partial charge in [-0.05, 0) is 17.7 Å². The molecule has 1 aromatic carbocycles. The standard InChI is InChI=1S/C16H13Cl2FN2O5S2/c1-21(27(2,23)24)14-11(17)4-3-10(12(14)18)16-15(22)13-8(7-28(16,25)26)5-9(19)6-20-13/h3-6,22H,7H2,1-2H3. The fourth-order valence-electron chi connectivity index (χ4n) is 2.80. The average Bonchev–Trinajstić information content (AvgIpc) is 2.54. The summed E-state index contributed by atoms with van der Waals surface area (Å²) in [5.41, 5.74) is -0.391. The van der Waals surface area contributed by atoms with Crippen molar-refractivity contribution in [3.8, 4) is 0 Å². The summed E-state index contributed by atoms with van der Waals surface area (Å²) in [7, 11) is -6.70. The molecule has 1 aliphatic heterocycles. The van der Waals surface area contributed by atoms with Crippen LogP contribution in [-0.2, 0) is 25.6 Å². The Morgan fingerprint density at radius 2 is 1.93 bits per heavy atom. The quantitative estimate of drug-likeness (QED) is 0.744.